The van der Waals surface area contributed by atoms with E-state index in [-0.39, 0.29) is 5.91 Å². The monoisotopic (exact) mass is 217 g/mol. The molecule has 1 amide bonds. The summed E-state index contributed by atoms with van der Waals surface area (Å²) in [6, 6.07) is 0.388. The quantitative estimate of drug-likeness (QED) is 0.724. The first-order chi connectivity index (χ1) is 6.56. The molecule has 0 aliphatic heterocycles. The van der Waals surface area contributed by atoms with Gasteiger partial charge in [-0.15, -0.1) is 11.6 Å². The molecule has 3 heteroatoms. The third-order valence-electron chi connectivity index (χ3n) is 2.89. The zero-order valence-electron chi connectivity index (χ0n) is 9.11. The van der Waals surface area contributed by atoms with E-state index in [1.54, 1.807) is 0 Å². The second kappa shape index (κ2) is 5.01. The topological polar surface area (TPSA) is 29.1 Å². The van der Waals surface area contributed by atoms with E-state index in [2.05, 4.69) is 5.32 Å². The standard InChI is InChI=1S/C11H20ClNO/c1-11(2,8-12)10(14)13-9-6-4-3-5-7-9/h9H,3-8H2,1-2H3,(H,13,14). The maximum Gasteiger partial charge on any atom is 0.227 e. The molecule has 0 saturated heterocycles. The zero-order valence-corrected chi connectivity index (χ0v) is 9.86. The first kappa shape index (κ1) is 11.8. The van der Waals surface area contributed by atoms with Crippen molar-refractivity contribution in [3.63, 3.8) is 0 Å². The molecule has 0 unspecified atom stereocenters. The van der Waals surface area contributed by atoms with Crippen molar-refractivity contribution in [2.45, 2.75) is 52.0 Å². The summed E-state index contributed by atoms with van der Waals surface area (Å²) >= 11 is 5.74. The fourth-order valence-corrected chi connectivity index (χ4v) is 1.81. The van der Waals surface area contributed by atoms with Gasteiger partial charge in [-0.1, -0.05) is 19.3 Å². The number of hydrogen-bond donors (Lipinski definition) is 1. The third-order valence-corrected chi connectivity index (χ3v) is 3.56. The van der Waals surface area contributed by atoms with Crippen molar-refractivity contribution in [2.24, 2.45) is 5.41 Å². The van der Waals surface area contributed by atoms with Crippen LogP contribution < -0.4 is 5.32 Å². The Hall–Kier alpha value is -0.240. The van der Waals surface area contributed by atoms with Gasteiger partial charge in [0.1, 0.15) is 0 Å². The van der Waals surface area contributed by atoms with Crippen molar-refractivity contribution in [1.29, 1.82) is 0 Å². The van der Waals surface area contributed by atoms with E-state index in [1.807, 2.05) is 13.8 Å². The molecule has 0 aromatic carbocycles. The van der Waals surface area contributed by atoms with E-state index in [0.29, 0.717) is 11.9 Å². The van der Waals surface area contributed by atoms with Crippen LogP contribution in [-0.2, 0) is 4.79 Å². The van der Waals surface area contributed by atoms with Crippen LogP contribution in [0.15, 0.2) is 0 Å². The SMILES string of the molecule is CC(C)(CCl)C(=O)NC1CCCCC1. The van der Waals surface area contributed by atoms with E-state index in [1.165, 1.54) is 19.3 Å². The molecule has 1 N–H and O–H groups in total. The van der Waals surface area contributed by atoms with E-state index < -0.39 is 5.41 Å². The third kappa shape index (κ3) is 3.16. The average Bonchev–Trinajstić information content (AvgIpc) is 2.19. The van der Waals surface area contributed by atoms with Crippen LogP contribution in [0.2, 0.25) is 0 Å². The van der Waals surface area contributed by atoms with E-state index in [9.17, 15) is 4.79 Å². The normalized spacial score (nSPS) is 19.4. The Labute approximate surface area is 91.4 Å². The largest absolute Gasteiger partial charge is 0.353 e. The van der Waals surface area contributed by atoms with Crippen LogP contribution in [0.4, 0.5) is 0 Å². The van der Waals surface area contributed by atoms with Crippen LogP contribution in [-0.4, -0.2) is 17.8 Å². The summed E-state index contributed by atoms with van der Waals surface area (Å²) < 4.78 is 0. The van der Waals surface area contributed by atoms with Gasteiger partial charge in [0.2, 0.25) is 5.91 Å². The summed E-state index contributed by atoms with van der Waals surface area (Å²) in [5.74, 6) is 0.477. The van der Waals surface area contributed by atoms with Crippen molar-refractivity contribution >= 4 is 17.5 Å². The molecule has 0 aromatic rings. The van der Waals surface area contributed by atoms with Crippen molar-refractivity contribution in [3.05, 3.63) is 0 Å². The number of halogens is 1. The lowest BCUT2D eigenvalue weighted by Crippen LogP contribution is -2.44. The van der Waals surface area contributed by atoms with Crippen molar-refractivity contribution < 1.29 is 4.79 Å². The fraction of sp³-hybridized carbons (Fsp3) is 0.909. The van der Waals surface area contributed by atoms with Gasteiger partial charge >= 0.3 is 0 Å². The zero-order chi connectivity index (χ0) is 10.6. The number of carbonyl (C=O) groups is 1. The number of amides is 1. The number of nitrogens with one attached hydrogen (secondary N) is 1. The van der Waals surface area contributed by atoms with Gasteiger partial charge in [-0.05, 0) is 26.7 Å². The van der Waals surface area contributed by atoms with E-state index >= 15 is 0 Å². The van der Waals surface area contributed by atoms with E-state index in [4.69, 9.17) is 11.6 Å². The predicted octanol–water partition coefficient (Wildman–Crippen LogP) is 2.70. The smallest absolute Gasteiger partial charge is 0.227 e. The number of rotatable bonds is 3. The van der Waals surface area contributed by atoms with Gasteiger partial charge in [0.15, 0.2) is 0 Å². The second-order valence-electron chi connectivity index (χ2n) is 4.83. The van der Waals surface area contributed by atoms with Crippen molar-refractivity contribution in [3.8, 4) is 0 Å². The Kier molecular flexibility index (Phi) is 4.24. The molecule has 1 aliphatic rings. The van der Waals surface area contributed by atoms with Crippen LogP contribution in [0.3, 0.4) is 0 Å². The van der Waals surface area contributed by atoms with Crippen molar-refractivity contribution in [2.75, 3.05) is 5.88 Å². The van der Waals surface area contributed by atoms with Gasteiger partial charge < -0.3 is 5.32 Å². The van der Waals surface area contributed by atoms with Crippen LogP contribution in [0, 0.1) is 5.41 Å². The summed E-state index contributed by atoms with van der Waals surface area (Å²) in [6.45, 7) is 3.77. The minimum atomic E-state index is -0.432. The summed E-state index contributed by atoms with van der Waals surface area (Å²) in [7, 11) is 0. The molecule has 0 spiro atoms. The van der Waals surface area contributed by atoms with Crippen molar-refractivity contribution in [1.82, 2.24) is 5.32 Å². The Bertz CT molecular complexity index is 197. The maximum absolute atomic E-state index is 11.8. The minimum absolute atomic E-state index is 0.0967. The Balaban J connectivity index is 2.39. The highest BCUT2D eigenvalue weighted by Crippen LogP contribution is 2.21. The van der Waals surface area contributed by atoms with Crippen LogP contribution in [0.25, 0.3) is 0 Å². The molecule has 1 rings (SSSR count). The van der Waals surface area contributed by atoms with Crippen LogP contribution >= 0.6 is 11.6 Å². The molecule has 82 valence electrons. The highest BCUT2D eigenvalue weighted by molar-refractivity contribution is 6.19. The first-order valence-electron chi connectivity index (χ1n) is 5.43. The Morgan fingerprint density at radius 1 is 1.36 bits per heavy atom. The molecule has 1 fully saturated rings. The lowest BCUT2D eigenvalue weighted by molar-refractivity contribution is -0.129. The lowest BCUT2D eigenvalue weighted by Gasteiger charge is -2.27. The fourth-order valence-electron chi connectivity index (χ4n) is 1.69. The summed E-state index contributed by atoms with van der Waals surface area (Å²) in [6.07, 6.45) is 6.05. The molecule has 2 nitrogen and oxygen atoms in total. The average molecular weight is 218 g/mol. The van der Waals surface area contributed by atoms with Gasteiger partial charge in [-0.25, -0.2) is 0 Å². The number of alkyl halides is 1. The van der Waals surface area contributed by atoms with Gasteiger partial charge in [0.25, 0.3) is 0 Å². The summed E-state index contributed by atoms with van der Waals surface area (Å²) in [4.78, 5) is 11.8. The number of carbonyl (C=O) groups excluding carboxylic acids is 1. The molecule has 14 heavy (non-hydrogen) atoms. The highest BCUT2D eigenvalue weighted by atomic mass is 35.5. The van der Waals surface area contributed by atoms with Gasteiger partial charge in [-0.3, -0.25) is 4.79 Å². The van der Waals surface area contributed by atoms with Gasteiger partial charge in [-0.2, -0.15) is 0 Å². The van der Waals surface area contributed by atoms with Gasteiger partial charge in [0, 0.05) is 11.9 Å². The second-order valence-corrected chi connectivity index (χ2v) is 5.09. The highest BCUT2D eigenvalue weighted by Gasteiger charge is 2.28. The number of hydrogen-bond acceptors (Lipinski definition) is 1. The van der Waals surface area contributed by atoms with Crippen LogP contribution in [0.1, 0.15) is 46.0 Å². The molecule has 0 bridgehead atoms. The lowest BCUT2D eigenvalue weighted by atomic mass is 9.91. The minimum Gasteiger partial charge on any atom is -0.353 e. The summed E-state index contributed by atoms with van der Waals surface area (Å²) in [5, 5.41) is 3.09. The Morgan fingerprint density at radius 2 is 1.93 bits per heavy atom. The molecule has 1 saturated carbocycles. The molecule has 0 heterocycles. The molecular weight excluding hydrogens is 198 g/mol. The molecule has 0 radical (unpaired) electrons. The molecule has 1 aliphatic carbocycles. The Morgan fingerprint density at radius 3 is 2.43 bits per heavy atom. The van der Waals surface area contributed by atoms with Crippen LogP contribution in [0.5, 0.6) is 0 Å². The summed E-state index contributed by atoms with van der Waals surface area (Å²) in [5.41, 5.74) is -0.432. The molecule has 0 aromatic heterocycles. The molecule has 0 atom stereocenters. The van der Waals surface area contributed by atoms with Gasteiger partial charge in [0.05, 0.1) is 5.41 Å². The molecular formula is C11H20ClNO. The first-order valence-corrected chi connectivity index (χ1v) is 5.96. The maximum atomic E-state index is 11.8. The predicted molar refractivity (Wildman–Crippen MR) is 59.5 cm³/mol. The van der Waals surface area contributed by atoms with E-state index in [0.717, 1.165) is 12.8 Å².